The number of aromatic amines is 1. The fourth-order valence-electron chi connectivity index (χ4n) is 3.22. The molecule has 0 saturated heterocycles. The van der Waals surface area contributed by atoms with Crippen molar-refractivity contribution in [2.75, 3.05) is 20.1 Å². The van der Waals surface area contributed by atoms with E-state index in [0.29, 0.717) is 0 Å². The van der Waals surface area contributed by atoms with Crippen LogP contribution in [0.1, 0.15) is 5.56 Å². The average Bonchev–Trinajstić information content (AvgIpc) is 3.16. The van der Waals surface area contributed by atoms with Crippen molar-refractivity contribution in [3.8, 4) is 22.5 Å². The molecule has 0 unspecified atom stereocenters. The maximum absolute atomic E-state index is 4.68. The predicted molar refractivity (Wildman–Crippen MR) is 113 cm³/mol. The fourth-order valence-corrected chi connectivity index (χ4v) is 3.22. The molecule has 4 aromatic rings. The SMILES string of the molecule is CNCCNCc1cccc(-c2ccc(-c3nc4ccccc4[nH]3)cc2)c1. The first kappa shape index (κ1) is 17.5. The molecule has 0 aliphatic heterocycles. The minimum Gasteiger partial charge on any atom is -0.338 e. The van der Waals surface area contributed by atoms with Crippen molar-refractivity contribution < 1.29 is 0 Å². The lowest BCUT2D eigenvalue weighted by Gasteiger charge is -2.08. The van der Waals surface area contributed by atoms with Gasteiger partial charge in [-0.15, -0.1) is 0 Å². The summed E-state index contributed by atoms with van der Waals surface area (Å²) >= 11 is 0. The molecule has 0 atom stereocenters. The minimum atomic E-state index is 0.882. The molecular weight excluding hydrogens is 332 g/mol. The third-order valence-corrected chi connectivity index (χ3v) is 4.69. The Hall–Kier alpha value is -2.95. The normalized spacial score (nSPS) is 11.1. The van der Waals surface area contributed by atoms with Crippen molar-refractivity contribution in [1.82, 2.24) is 20.6 Å². The number of rotatable bonds is 7. The van der Waals surface area contributed by atoms with Gasteiger partial charge in [0.2, 0.25) is 0 Å². The largest absolute Gasteiger partial charge is 0.338 e. The third kappa shape index (κ3) is 4.08. The number of H-pyrrole nitrogens is 1. The molecule has 136 valence electrons. The van der Waals surface area contributed by atoms with Gasteiger partial charge in [0.1, 0.15) is 5.82 Å². The molecule has 3 N–H and O–H groups in total. The summed E-state index contributed by atoms with van der Waals surface area (Å²) in [6, 6.07) is 25.4. The van der Waals surface area contributed by atoms with Crippen LogP contribution in [0.4, 0.5) is 0 Å². The lowest BCUT2D eigenvalue weighted by molar-refractivity contribution is 0.651. The van der Waals surface area contributed by atoms with Gasteiger partial charge in [0.05, 0.1) is 11.0 Å². The van der Waals surface area contributed by atoms with Crippen molar-refractivity contribution in [1.29, 1.82) is 0 Å². The van der Waals surface area contributed by atoms with E-state index in [4.69, 9.17) is 0 Å². The van der Waals surface area contributed by atoms with Gasteiger partial charge < -0.3 is 15.6 Å². The molecular formula is C23H24N4. The molecule has 0 amide bonds. The molecule has 4 heteroatoms. The minimum absolute atomic E-state index is 0.882. The van der Waals surface area contributed by atoms with Crippen LogP contribution < -0.4 is 10.6 Å². The number of likely N-dealkylation sites (N-methyl/N-ethyl adjacent to an activating group) is 1. The second kappa shape index (κ2) is 8.16. The van der Waals surface area contributed by atoms with E-state index in [9.17, 15) is 0 Å². The van der Waals surface area contributed by atoms with Crippen LogP contribution in [0.15, 0.2) is 72.8 Å². The van der Waals surface area contributed by atoms with Crippen LogP contribution in [0.2, 0.25) is 0 Å². The second-order valence-electron chi connectivity index (χ2n) is 6.66. The summed E-state index contributed by atoms with van der Waals surface area (Å²) in [5.41, 5.74) is 6.90. The maximum atomic E-state index is 4.68. The van der Waals surface area contributed by atoms with Crippen molar-refractivity contribution >= 4 is 11.0 Å². The van der Waals surface area contributed by atoms with Crippen molar-refractivity contribution in [3.63, 3.8) is 0 Å². The van der Waals surface area contributed by atoms with E-state index in [1.54, 1.807) is 0 Å². The number of imidazole rings is 1. The standard InChI is InChI=1S/C23H24N4/c1-24-13-14-25-16-17-5-4-6-20(15-17)18-9-11-19(12-10-18)23-26-21-7-2-3-8-22(21)27-23/h2-12,15,24-25H,13-14,16H2,1H3,(H,26,27). The van der Waals surface area contributed by atoms with Gasteiger partial charge in [-0.25, -0.2) is 4.98 Å². The first-order valence-corrected chi connectivity index (χ1v) is 9.33. The highest BCUT2D eigenvalue weighted by atomic mass is 14.9. The summed E-state index contributed by atoms with van der Waals surface area (Å²) in [5.74, 6) is 0.908. The highest BCUT2D eigenvalue weighted by molar-refractivity contribution is 5.79. The zero-order valence-electron chi connectivity index (χ0n) is 15.5. The molecule has 0 bridgehead atoms. The quantitative estimate of drug-likeness (QED) is 0.435. The molecule has 4 rings (SSSR count). The van der Waals surface area contributed by atoms with E-state index in [-0.39, 0.29) is 0 Å². The first-order chi connectivity index (χ1) is 13.3. The lowest BCUT2D eigenvalue weighted by Crippen LogP contribution is -2.24. The molecule has 1 aromatic heterocycles. The average molecular weight is 356 g/mol. The van der Waals surface area contributed by atoms with Gasteiger partial charge >= 0.3 is 0 Å². The van der Waals surface area contributed by atoms with Crippen LogP contribution in [0.5, 0.6) is 0 Å². The predicted octanol–water partition coefficient (Wildman–Crippen LogP) is 4.21. The van der Waals surface area contributed by atoms with Gasteiger partial charge in [-0.1, -0.05) is 54.6 Å². The zero-order chi connectivity index (χ0) is 18.5. The van der Waals surface area contributed by atoms with Crippen LogP contribution >= 0.6 is 0 Å². The van der Waals surface area contributed by atoms with Crippen molar-refractivity contribution in [3.05, 3.63) is 78.4 Å². The van der Waals surface area contributed by atoms with Crippen LogP contribution in [0.25, 0.3) is 33.5 Å². The summed E-state index contributed by atoms with van der Waals surface area (Å²) < 4.78 is 0. The summed E-state index contributed by atoms with van der Waals surface area (Å²) in [7, 11) is 1.97. The summed E-state index contributed by atoms with van der Waals surface area (Å²) in [6.45, 7) is 2.82. The number of nitrogens with one attached hydrogen (secondary N) is 3. The van der Waals surface area contributed by atoms with Gasteiger partial charge in [-0.2, -0.15) is 0 Å². The Bertz CT molecular complexity index is 985. The Morgan fingerprint density at radius 2 is 1.63 bits per heavy atom. The van der Waals surface area contributed by atoms with Gasteiger partial charge in [-0.3, -0.25) is 0 Å². The molecule has 3 aromatic carbocycles. The lowest BCUT2D eigenvalue weighted by atomic mass is 10.0. The Labute approximate surface area is 159 Å². The topological polar surface area (TPSA) is 52.7 Å². The first-order valence-electron chi connectivity index (χ1n) is 9.33. The Balaban J connectivity index is 1.52. The monoisotopic (exact) mass is 356 g/mol. The number of hydrogen-bond donors (Lipinski definition) is 3. The highest BCUT2D eigenvalue weighted by Crippen LogP contribution is 2.25. The third-order valence-electron chi connectivity index (χ3n) is 4.69. The van der Waals surface area contributed by atoms with E-state index in [1.165, 1.54) is 16.7 Å². The zero-order valence-corrected chi connectivity index (χ0v) is 15.5. The van der Waals surface area contributed by atoms with E-state index >= 15 is 0 Å². The Morgan fingerprint density at radius 3 is 2.44 bits per heavy atom. The van der Waals surface area contributed by atoms with E-state index < -0.39 is 0 Å². The van der Waals surface area contributed by atoms with Crippen molar-refractivity contribution in [2.45, 2.75) is 6.54 Å². The number of hydrogen-bond acceptors (Lipinski definition) is 3. The number of aromatic nitrogens is 2. The number of para-hydroxylation sites is 2. The number of nitrogens with zero attached hydrogens (tertiary/aromatic N) is 1. The molecule has 0 spiro atoms. The number of fused-ring (bicyclic) bond motifs is 1. The van der Waals surface area contributed by atoms with E-state index in [2.05, 4.69) is 75.2 Å². The fraction of sp³-hybridized carbons (Fsp3) is 0.174. The second-order valence-corrected chi connectivity index (χ2v) is 6.66. The smallest absolute Gasteiger partial charge is 0.138 e. The molecule has 0 fully saturated rings. The summed E-state index contributed by atoms with van der Waals surface area (Å²) in [4.78, 5) is 8.07. The highest BCUT2D eigenvalue weighted by Gasteiger charge is 2.06. The summed E-state index contributed by atoms with van der Waals surface area (Å²) in [5, 5.41) is 6.60. The molecule has 0 saturated carbocycles. The van der Waals surface area contributed by atoms with E-state index in [0.717, 1.165) is 42.1 Å². The molecule has 0 radical (unpaired) electrons. The van der Waals surface area contributed by atoms with Crippen LogP contribution in [0, 0.1) is 0 Å². The van der Waals surface area contributed by atoms with Gasteiger partial charge in [0, 0.05) is 25.2 Å². The Kier molecular flexibility index (Phi) is 5.28. The van der Waals surface area contributed by atoms with E-state index in [1.807, 2.05) is 25.2 Å². The molecule has 0 aliphatic carbocycles. The summed E-state index contributed by atoms with van der Waals surface area (Å²) in [6.07, 6.45) is 0. The van der Waals surface area contributed by atoms with Crippen molar-refractivity contribution in [2.24, 2.45) is 0 Å². The molecule has 0 aliphatic rings. The molecule has 1 heterocycles. The van der Waals surface area contributed by atoms with Crippen LogP contribution in [-0.4, -0.2) is 30.1 Å². The van der Waals surface area contributed by atoms with Crippen LogP contribution in [0.3, 0.4) is 0 Å². The van der Waals surface area contributed by atoms with Crippen LogP contribution in [-0.2, 0) is 6.54 Å². The van der Waals surface area contributed by atoms with Gasteiger partial charge in [0.25, 0.3) is 0 Å². The molecule has 4 nitrogen and oxygen atoms in total. The maximum Gasteiger partial charge on any atom is 0.138 e. The molecule has 27 heavy (non-hydrogen) atoms. The van der Waals surface area contributed by atoms with Gasteiger partial charge in [-0.05, 0) is 41.9 Å². The Morgan fingerprint density at radius 1 is 0.815 bits per heavy atom. The van der Waals surface area contributed by atoms with Gasteiger partial charge in [0.15, 0.2) is 0 Å². The number of benzene rings is 3.